The van der Waals surface area contributed by atoms with Gasteiger partial charge in [-0.15, -0.1) is 0 Å². The third kappa shape index (κ3) is 3.71. The molecule has 1 aliphatic carbocycles. The first-order chi connectivity index (χ1) is 9.73. The van der Waals surface area contributed by atoms with Crippen LogP contribution in [0.1, 0.15) is 32.6 Å². The molecule has 1 saturated heterocycles. The molecule has 5 nitrogen and oxygen atoms in total. The summed E-state index contributed by atoms with van der Waals surface area (Å²) in [4.78, 5) is 14.8. The number of nitrogens with one attached hydrogen (secondary N) is 1. The fourth-order valence-corrected chi connectivity index (χ4v) is 3.05. The Morgan fingerprint density at radius 3 is 2.85 bits per heavy atom. The van der Waals surface area contributed by atoms with Crippen molar-refractivity contribution in [2.75, 3.05) is 46.5 Å². The van der Waals surface area contributed by atoms with Crippen LogP contribution >= 0.6 is 0 Å². The number of carbonyl (C=O) groups is 1. The Hall–Kier alpha value is -0.650. The van der Waals surface area contributed by atoms with Gasteiger partial charge in [0.25, 0.3) is 0 Å². The Balaban J connectivity index is 2.08. The highest BCUT2D eigenvalue weighted by atomic mass is 16.5. The van der Waals surface area contributed by atoms with Gasteiger partial charge in [0.1, 0.15) is 5.54 Å². The molecule has 1 unspecified atom stereocenters. The standard InChI is InChI=1S/C15H28N2O3/c1-3-7-16-15(13-5-6-13,14(18)19-2)12-17-8-4-10-20-11-9-17/h13,16H,3-12H2,1-2H3. The first-order valence-electron chi connectivity index (χ1n) is 7.86. The number of esters is 1. The van der Waals surface area contributed by atoms with Crippen LogP contribution in [0.15, 0.2) is 0 Å². The predicted molar refractivity (Wildman–Crippen MR) is 77.6 cm³/mol. The van der Waals surface area contributed by atoms with Crippen LogP contribution in [0.4, 0.5) is 0 Å². The SMILES string of the molecule is CCCNC(CN1CCCOCC1)(C(=O)OC)C1CC1. The minimum Gasteiger partial charge on any atom is -0.468 e. The van der Waals surface area contributed by atoms with Crippen molar-refractivity contribution in [1.29, 1.82) is 0 Å². The molecule has 5 heteroatoms. The van der Waals surface area contributed by atoms with Gasteiger partial charge in [-0.1, -0.05) is 6.92 Å². The Bertz CT molecular complexity index is 312. The summed E-state index contributed by atoms with van der Waals surface area (Å²) in [6.07, 6.45) is 4.30. The smallest absolute Gasteiger partial charge is 0.327 e. The van der Waals surface area contributed by atoms with Gasteiger partial charge in [-0.25, -0.2) is 4.79 Å². The molecule has 0 aromatic heterocycles. The molecule has 2 rings (SSSR count). The van der Waals surface area contributed by atoms with E-state index in [4.69, 9.17) is 9.47 Å². The molecule has 1 aliphatic heterocycles. The lowest BCUT2D eigenvalue weighted by atomic mass is 9.91. The van der Waals surface area contributed by atoms with Gasteiger partial charge in [0.15, 0.2) is 0 Å². The van der Waals surface area contributed by atoms with Crippen molar-refractivity contribution < 1.29 is 14.3 Å². The summed E-state index contributed by atoms with van der Waals surface area (Å²) >= 11 is 0. The van der Waals surface area contributed by atoms with E-state index < -0.39 is 5.54 Å². The van der Waals surface area contributed by atoms with Crippen molar-refractivity contribution in [2.45, 2.75) is 38.1 Å². The van der Waals surface area contributed by atoms with Crippen LogP contribution in [0.2, 0.25) is 0 Å². The molecule has 1 atom stereocenters. The number of nitrogens with zero attached hydrogens (tertiary/aromatic N) is 1. The molecule has 2 fully saturated rings. The number of hydrogen-bond donors (Lipinski definition) is 1. The van der Waals surface area contributed by atoms with Crippen LogP contribution in [0, 0.1) is 5.92 Å². The minimum atomic E-state index is -0.519. The lowest BCUT2D eigenvalue weighted by Gasteiger charge is -2.37. The van der Waals surface area contributed by atoms with Gasteiger partial charge in [0.2, 0.25) is 0 Å². The van der Waals surface area contributed by atoms with Crippen molar-refractivity contribution >= 4 is 5.97 Å². The molecule has 0 spiro atoms. The zero-order valence-corrected chi connectivity index (χ0v) is 12.8. The Kier molecular flexibility index (Phi) is 5.81. The van der Waals surface area contributed by atoms with Gasteiger partial charge in [-0.2, -0.15) is 0 Å². The van der Waals surface area contributed by atoms with Gasteiger partial charge in [-0.05, 0) is 38.1 Å². The molecular formula is C15H28N2O3. The average Bonchev–Trinajstić information content (AvgIpc) is 3.29. The molecule has 0 radical (unpaired) electrons. The molecule has 2 aliphatic rings. The van der Waals surface area contributed by atoms with Crippen LogP contribution in [0.3, 0.4) is 0 Å². The minimum absolute atomic E-state index is 0.0985. The van der Waals surface area contributed by atoms with Gasteiger partial charge in [0, 0.05) is 26.2 Å². The van der Waals surface area contributed by atoms with E-state index in [1.165, 1.54) is 7.11 Å². The van der Waals surface area contributed by atoms with Crippen molar-refractivity contribution in [3.63, 3.8) is 0 Å². The fraction of sp³-hybridized carbons (Fsp3) is 0.933. The molecule has 0 aromatic carbocycles. The summed E-state index contributed by atoms with van der Waals surface area (Å²) in [5.41, 5.74) is -0.519. The molecule has 0 amide bonds. The Morgan fingerprint density at radius 1 is 1.40 bits per heavy atom. The van der Waals surface area contributed by atoms with E-state index in [-0.39, 0.29) is 5.97 Å². The van der Waals surface area contributed by atoms with Crippen molar-refractivity contribution in [3.8, 4) is 0 Å². The fourth-order valence-electron chi connectivity index (χ4n) is 3.05. The average molecular weight is 284 g/mol. The second-order valence-corrected chi connectivity index (χ2v) is 5.91. The van der Waals surface area contributed by atoms with E-state index in [0.717, 1.165) is 65.1 Å². The lowest BCUT2D eigenvalue weighted by molar-refractivity contribution is -0.150. The van der Waals surface area contributed by atoms with Gasteiger partial charge in [0.05, 0.1) is 13.7 Å². The summed E-state index contributed by atoms with van der Waals surface area (Å²) < 4.78 is 10.6. The lowest BCUT2D eigenvalue weighted by Crippen LogP contribution is -2.61. The van der Waals surface area contributed by atoms with E-state index in [0.29, 0.717) is 5.92 Å². The van der Waals surface area contributed by atoms with E-state index in [1.807, 2.05) is 0 Å². The molecule has 1 N–H and O–H groups in total. The highest BCUT2D eigenvalue weighted by molar-refractivity contribution is 5.82. The Morgan fingerprint density at radius 2 is 2.20 bits per heavy atom. The van der Waals surface area contributed by atoms with Crippen molar-refractivity contribution in [3.05, 3.63) is 0 Å². The zero-order valence-electron chi connectivity index (χ0n) is 12.8. The van der Waals surface area contributed by atoms with E-state index in [2.05, 4.69) is 17.1 Å². The van der Waals surface area contributed by atoms with E-state index in [9.17, 15) is 4.79 Å². The number of hydrogen-bond acceptors (Lipinski definition) is 5. The highest BCUT2D eigenvalue weighted by Crippen LogP contribution is 2.41. The highest BCUT2D eigenvalue weighted by Gasteiger charge is 2.52. The zero-order chi connectivity index (χ0) is 14.4. The summed E-state index contributed by atoms with van der Waals surface area (Å²) in [6, 6.07) is 0. The van der Waals surface area contributed by atoms with Crippen molar-refractivity contribution in [2.24, 2.45) is 5.92 Å². The second kappa shape index (κ2) is 7.38. The first-order valence-corrected chi connectivity index (χ1v) is 7.86. The molecule has 20 heavy (non-hydrogen) atoms. The first kappa shape index (κ1) is 15.7. The van der Waals surface area contributed by atoms with Crippen LogP contribution in [0.25, 0.3) is 0 Å². The Labute approximate surface area is 122 Å². The maximum atomic E-state index is 12.4. The molecule has 1 saturated carbocycles. The number of carbonyl (C=O) groups excluding carboxylic acids is 1. The maximum Gasteiger partial charge on any atom is 0.327 e. The van der Waals surface area contributed by atoms with E-state index >= 15 is 0 Å². The summed E-state index contributed by atoms with van der Waals surface area (Å²) in [6.45, 7) is 7.22. The number of rotatable bonds is 7. The van der Waals surface area contributed by atoms with Crippen LogP contribution < -0.4 is 5.32 Å². The maximum absolute atomic E-state index is 12.4. The third-order valence-corrected chi connectivity index (χ3v) is 4.30. The predicted octanol–water partition coefficient (Wildman–Crippen LogP) is 1.03. The van der Waals surface area contributed by atoms with Crippen molar-refractivity contribution in [1.82, 2.24) is 10.2 Å². The molecule has 0 bridgehead atoms. The summed E-state index contributed by atoms with van der Waals surface area (Å²) in [7, 11) is 1.50. The number of methoxy groups -OCH3 is 1. The van der Waals surface area contributed by atoms with Gasteiger partial charge >= 0.3 is 5.97 Å². The van der Waals surface area contributed by atoms with Crippen LogP contribution in [-0.2, 0) is 14.3 Å². The monoisotopic (exact) mass is 284 g/mol. The van der Waals surface area contributed by atoms with Gasteiger partial charge < -0.3 is 14.8 Å². The molecule has 1 heterocycles. The van der Waals surface area contributed by atoms with E-state index in [1.54, 1.807) is 0 Å². The quantitative estimate of drug-likeness (QED) is 0.708. The molecule has 116 valence electrons. The van der Waals surface area contributed by atoms with Gasteiger partial charge in [-0.3, -0.25) is 4.90 Å². The topological polar surface area (TPSA) is 50.8 Å². The molecular weight excluding hydrogens is 256 g/mol. The summed E-state index contributed by atoms with van der Waals surface area (Å²) in [5, 5.41) is 3.51. The second-order valence-electron chi connectivity index (χ2n) is 5.91. The van der Waals surface area contributed by atoms with Crippen LogP contribution in [-0.4, -0.2) is 62.9 Å². The molecule has 0 aromatic rings. The third-order valence-electron chi connectivity index (χ3n) is 4.30. The number of ether oxygens (including phenoxy) is 2. The largest absolute Gasteiger partial charge is 0.468 e. The normalized spacial score (nSPS) is 23.9. The van der Waals surface area contributed by atoms with Crippen LogP contribution in [0.5, 0.6) is 0 Å². The summed E-state index contributed by atoms with van der Waals surface area (Å²) in [5.74, 6) is 0.323.